The molecule has 2 N–H and O–H groups in total. The predicted molar refractivity (Wildman–Crippen MR) is 58.3 cm³/mol. The molecule has 0 fully saturated rings. The molecule has 0 bridgehead atoms. The van der Waals surface area contributed by atoms with Crippen molar-refractivity contribution in [3.63, 3.8) is 0 Å². The molecule has 2 atom stereocenters. The highest BCUT2D eigenvalue weighted by molar-refractivity contribution is 7.95. The minimum absolute atomic E-state index is 0.0431. The molecule has 0 saturated heterocycles. The van der Waals surface area contributed by atoms with Gasteiger partial charge in [-0.05, 0) is 18.2 Å². The summed E-state index contributed by atoms with van der Waals surface area (Å²) in [6.45, 7) is 0. The van der Waals surface area contributed by atoms with Crippen molar-refractivity contribution >= 4 is 9.84 Å². The Morgan fingerprint density at radius 2 is 1.75 bits per heavy atom. The summed E-state index contributed by atoms with van der Waals surface area (Å²) < 4.78 is 24.1. The fourth-order valence-corrected chi connectivity index (χ4v) is 3.30. The van der Waals surface area contributed by atoms with E-state index in [-0.39, 0.29) is 16.2 Å². The lowest BCUT2D eigenvalue weighted by Gasteiger charge is -2.09. The highest BCUT2D eigenvalue weighted by Crippen LogP contribution is 2.29. The summed E-state index contributed by atoms with van der Waals surface area (Å²) in [7, 11) is -3.67. The zero-order chi connectivity index (χ0) is 11.8. The highest BCUT2D eigenvalue weighted by atomic mass is 32.2. The van der Waals surface area contributed by atoms with Gasteiger partial charge in [0.1, 0.15) is 0 Å². The SMILES string of the molecule is O=S(=O)(C1=CC(O)CC1O)c1ccccc1. The van der Waals surface area contributed by atoms with E-state index in [0.29, 0.717) is 0 Å². The molecule has 0 amide bonds. The maximum Gasteiger partial charge on any atom is 0.205 e. The lowest BCUT2D eigenvalue weighted by molar-refractivity contribution is 0.150. The first-order valence-corrected chi connectivity index (χ1v) is 6.38. The largest absolute Gasteiger partial charge is 0.389 e. The average molecular weight is 240 g/mol. The molecular formula is C11H12O4S. The first-order chi connectivity index (χ1) is 7.51. The van der Waals surface area contributed by atoms with Crippen LogP contribution in [0.3, 0.4) is 0 Å². The van der Waals surface area contributed by atoms with Gasteiger partial charge in [-0.15, -0.1) is 0 Å². The van der Waals surface area contributed by atoms with E-state index in [4.69, 9.17) is 0 Å². The van der Waals surface area contributed by atoms with Crippen LogP contribution in [0.1, 0.15) is 6.42 Å². The van der Waals surface area contributed by atoms with Crippen LogP contribution in [0.15, 0.2) is 46.2 Å². The second-order valence-electron chi connectivity index (χ2n) is 3.70. The Hall–Kier alpha value is -1.17. The molecule has 5 heteroatoms. The second-order valence-corrected chi connectivity index (χ2v) is 5.65. The minimum atomic E-state index is -3.67. The fraction of sp³-hybridized carbons (Fsp3) is 0.273. The van der Waals surface area contributed by atoms with Gasteiger partial charge in [0.15, 0.2) is 0 Å². The molecule has 2 unspecified atom stereocenters. The molecule has 16 heavy (non-hydrogen) atoms. The number of aliphatic hydroxyl groups is 2. The molecule has 86 valence electrons. The maximum atomic E-state index is 12.1. The molecule has 0 radical (unpaired) electrons. The first kappa shape index (κ1) is 11.3. The van der Waals surface area contributed by atoms with Gasteiger partial charge < -0.3 is 10.2 Å². The van der Waals surface area contributed by atoms with Crippen molar-refractivity contribution in [2.24, 2.45) is 0 Å². The van der Waals surface area contributed by atoms with Gasteiger partial charge in [-0.2, -0.15) is 0 Å². The van der Waals surface area contributed by atoms with E-state index in [9.17, 15) is 18.6 Å². The zero-order valence-corrected chi connectivity index (χ0v) is 9.26. The molecule has 1 aromatic rings. The quantitative estimate of drug-likeness (QED) is 0.788. The monoisotopic (exact) mass is 240 g/mol. The van der Waals surface area contributed by atoms with Crippen LogP contribution in [0.4, 0.5) is 0 Å². The van der Waals surface area contributed by atoms with Gasteiger partial charge in [0.2, 0.25) is 9.84 Å². The zero-order valence-electron chi connectivity index (χ0n) is 8.45. The van der Waals surface area contributed by atoms with E-state index in [1.165, 1.54) is 18.2 Å². The van der Waals surface area contributed by atoms with Gasteiger partial charge in [-0.25, -0.2) is 8.42 Å². The molecule has 0 saturated carbocycles. The van der Waals surface area contributed by atoms with Crippen molar-refractivity contribution in [3.8, 4) is 0 Å². The average Bonchev–Trinajstić information content (AvgIpc) is 2.60. The molecule has 2 rings (SSSR count). The Morgan fingerprint density at radius 1 is 1.12 bits per heavy atom. The van der Waals surface area contributed by atoms with Gasteiger partial charge >= 0.3 is 0 Å². The van der Waals surface area contributed by atoms with E-state index in [1.54, 1.807) is 18.2 Å². The number of rotatable bonds is 2. The third kappa shape index (κ3) is 1.89. The molecule has 4 nitrogen and oxygen atoms in total. The Kier molecular flexibility index (Phi) is 2.84. The smallest absolute Gasteiger partial charge is 0.205 e. The highest BCUT2D eigenvalue weighted by Gasteiger charge is 2.33. The third-order valence-corrected chi connectivity index (χ3v) is 4.44. The standard InChI is InChI=1S/C11H12O4S/c12-8-6-10(13)11(7-8)16(14,15)9-4-2-1-3-5-9/h1-5,7-8,10,12-13H,6H2. The Labute approximate surface area is 93.8 Å². The van der Waals surface area contributed by atoms with E-state index in [2.05, 4.69) is 0 Å². The van der Waals surface area contributed by atoms with Crippen molar-refractivity contribution in [2.75, 3.05) is 0 Å². The van der Waals surface area contributed by atoms with Crippen molar-refractivity contribution in [2.45, 2.75) is 23.5 Å². The molecule has 0 aliphatic heterocycles. The Bertz CT molecular complexity index is 504. The van der Waals surface area contributed by atoms with Crippen LogP contribution in [-0.2, 0) is 9.84 Å². The summed E-state index contributed by atoms with van der Waals surface area (Å²) in [5, 5.41) is 18.8. The van der Waals surface area contributed by atoms with Crippen molar-refractivity contribution in [3.05, 3.63) is 41.3 Å². The first-order valence-electron chi connectivity index (χ1n) is 4.90. The molecule has 1 aromatic carbocycles. The topological polar surface area (TPSA) is 74.6 Å². The molecular weight excluding hydrogens is 228 g/mol. The molecule has 1 aliphatic carbocycles. The van der Waals surface area contributed by atoms with Crippen LogP contribution >= 0.6 is 0 Å². The van der Waals surface area contributed by atoms with Crippen LogP contribution in [0.5, 0.6) is 0 Å². The molecule has 0 heterocycles. The fourth-order valence-electron chi connectivity index (χ4n) is 1.72. The van der Waals surface area contributed by atoms with E-state index in [1.807, 2.05) is 0 Å². The number of aliphatic hydroxyl groups excluding tert-OH is 2. The van der Waals surface area contributed by atoms with Crippen molar-refractivity contribution < 1.29 is 18.6 Å². The third-order valence-electron chi connectivity index (χ3n) is 2.51. The lowest BCUT2D eigenvalue weighted by atomic mass is 10.3. The summed E-state index contributed by atoms with van der Waals surface area (Å²) in [6, 6.07) is 7.88. The number of sulfone groups is 1. The maximum absolute atomic E-state index is 12.1. The Morgan fingerprint density at radius 3 is 2.25 bits per heavy atom. The minimum Gasteiger partial charge on any atom is -0.389 e. The number of benzene rings is 1. The van der Waals surface area contributed by atoms with Crippen LogP contribution in [-0.4, -0.2) is 30.8 Å². The summed E-state index contributed by atoms with van der Waals surface area (Å²) in [5.74, 6) is 0. The molecule has 1 aliphatic rings. The van der Waals surface area contributed by atoms with Gasteiger partial charge in [0.05, 0.1) is 22.0 Å². The summed E-state index contributed by atoms with van der Waals surface area (Å²) in [4.78, 5) is 0.0283. The summed E-state index contributed by atoms with van der Waals surface area (Å²) in [5.41, 5.74) is 0. The van der Waals surface area contributed by atoms with Gasteiger partial charge in [-0.3, -0.25) is 0 Å². The van der Waals surface area contributed by atoms with Crippen LogP contribution in [0.25, 0.3) is 0 Å². The molecule has 0 spiro atoms. The second kappa shape index (κ2) is 4.01. The van der Waals surface area contributed by atoms with Gasteiger partial charge in [0, 0.05) is 6.42 Å². The summed E-state index contributed by atoms with van der Waals surface area (Å²) in [6.07, 6.45) is -0.752. The van der Waals surface area contributed by atoms with E-state index in [0.717, 1.165) is 0 Å². The van der Waals surface area contributed by atoms with Crippen molar-refractivity contribution in [1.82, 2.24) is 0 Å². The van der Waals surface area contributed by atoms with Crippen LogP contribution in [0, 0.1) is 0 Å². The summed E-state index contributed by atoms with van der Waals surface area (Å²) >= 11 is 0. The molecule has 0 aromatic heterocycles. The lowest BCUT2D eigenvalue weighted by Crippen LogP contribution is -2.15. The van der Waals surface area contributed by atoms with E-state index >= 15 is 0 Å². The van der Waals surface area contributed by atoms with Crippen LogP contribution < -0.4 is 0 Å². The predicted octanol–water partition coefficient (Wildman–Crippen LogP) is 0.470. The van der Waals surface area contributed by atoms with Gasteiger partial charge in [0.25, 0.3) is 0 Å². The number of hydrogen-bond acceptors (Lipinski definition) is 4. The normalized spacial score (nSPS) is 25.5. The van der Waals surface area contributed by atoms with Crippen molar-refractivity contribution in [1.29, 1.82) is 0 Å². The van der Waals surface area contributed by atoms with E-state index < -0.39 is 22.0 Å². The van der Waals surface area contributed by atoms with Crippen LogP contribution in [0.2, 0.25) is 0 Å². The Balaban J connectivity index is 2.45. The van der Waals surface area contributed by atoms with Gasteiger partial charge in [-0.1, -0.05) is 18.2 Å². The number of hydrogen-bond donors (Lipinski definition) is 2.